The third kappa shape index (κ3) is 4.16. The van der Waals surface area contributed by atoms with Crippen molar-refractivity contribution in [2.45, 2.75) is 25.3 Å². The fourth-order valence-electron chi connectivity index (χ4n) is 2.15. The van der Waals surface area contributed by atoms with Crippen molar-refractivity contribution in [1.82, 2.24) is 0 Å². The molecule has 0 spiro atoms. The Hall–Kier alpha value is -1.69. The van der Waals surface area contributed by atoms with Crippen LogP contribution in [0.25, 0.3) is 0 Å². The topological polar surface area (TPSA) is 43.4 Å². The number of nitrogens with zero attached hydrogens (tertiary/aromatic N) is 1. The third-order valence-corrected chi connectivity index (χ3v) is 5.02. The maximum Gasteiger partial charge on any atom is 0.342 e. The van der Waals surface area contributed by atoms with Gasteiger partial charge in [0.2, 0.25) is 0 Å². The molecule has 0 aliphatic rings. The fourth-order valence-corrected chi connectivity index (χ4v) is 3.33. The highest BCUT2D eigenvalue weighted by Crippen LogP contribution is 2.21. The summed E-state index contributed by atoms with van der Waals surface area (Å²) in [6.07, 6.45) is 0. The first-order chi connectivity index (χ1) is 10.3. The second kappa shape index (κ2) is 6.60. The zero-order chi connectivity index (χ0) is 16.2. The Morgan fingerprint density at radius 2 is 1.59 bits per heavy atom. The molecule has 0 aromatic heterocycles. The summed E-state index contributed by atoms with van der Waals surface area (Å²) in [6.45, 7) is 4.86. The second-order valence-corrected chi connectivity index (χ2v) is 7.13. The van der Waals surface area contributed by atoms with Crippen LogP contribution in [-0.4, -0.2) is 26.7 Å². The summed E-state index contributed by atoms with van der Waals surface area (Å²) in [7, 11) is -2.02. The molecule has 0 amide bonds. The molecule has 0 aliphatic heterocycles. The number of hydrogen-bond donors (Lipinski definition) is 0. The molecule has 2 aromatic carbocycles. The largest absolute Gasteiger partial charge is 0.342 e. The Morgan fingerprint density at radius 1 is 1.00 bits per heavy atom. The van der Waals surface area contributed by atoms with Crippen molar-refractivity contribution in [2.75, 3.05) is 13.6 Å². The van der Waals surface area contributed by atoms with Gasteiger partial charge in [-0.3, -0.25) is 0 Å². The van der Waals surface area contributed by atoms with E-state index < -0.39 is 10.1 Å². The van der Waals surface area contributed by atoms with Crippen molar-refractivity contribution in [2.24, 2.45) is 0 Å². The predicted octanol–water partition coefficient (Wildman–Crippen LogP) is 3.28. The van der Waals surface area contributed by atoms with Gasteiger partial charge in [0.25, 0.3) is 0 Å². The number of hydrogen-bond acceptors (Lipinski definition) is 3. The lowest BCUT2D eigenvalue weighted by molar-refractivity contribution is -1.07. The molecule has 0 saturated carbocycles. The van der Waals surface area contributed by atoms with Crippen LogP contribution in [0.5, 0.6) is 0 Å². The molecule has 2 aromatic rings. The SMILES string of the molecule is CC[N+](C)(Cc1ccccc1)OS(=O)(=O)c1ccc(C)cc1. The molecule has 1 unspecified atom stereocenters. The van der Waals surface area contributed by atoms with E-state index in [0.717, 1.165) is 11.1 Å². The van der Waals surface area contributed by atoms with Crippen molar-refractivity contribution < 1.29 is 17.3 Å². The first-order valence-electron chi connectivity index (χ1n) is 7.26. The number of quaternary nitrogens is 1. The van der Waals surface area contributed by atoms with Crippen molar-refractivity contribution in [1.29, 1.82) is 0 Å². The summed E-state index contributed by atoms with van der Waals surface area (Å²) in [6, 6.07) is 16.4. The van der Waals surface area contributed by atoms with E-state index >= 15 is 0 Å². The van der Waals surface area contributed by atoms with Gasteiger partial charge in [0.05, 0.1) is 4.90 Å². The van der Waals surface area contributed by atoms with Crippen molar-refractivity contribution >= 4 is 10.1 Å². The van der Waals surface area contributed by atoms with Crippen LogP contribution in [0.3, 0.4) is 0 Å². The quantitative estimate of drug-likeness (QED) is 0.606. The van der Waals surface area contributed by atoms with Crippen LogP contribution in [0.2, 0.25) is 0 Å². The van der Waals surface area contributed by atoms with Gasteiger partial charge in [-0.05, 0) is 26.0 Å². The lowest BCUT2D eigenvalue weighted by Gasteiger charge is -2.29. The minimum absolute atomic E-state index is 0.0276. The van der Waals surface area contributed by atoms with Gasteiger partial charge in [0.1, 0.15) is 20.1 Å². The van der Waals surface area contributed by atoms with Gasteiger partial charge in [-0.25, -0.2) is 0 Å². The third-order valence-electron chi connectivity index (χ3n) is 3.62. The highest BCUT2D eigenvalue weighted by Gasteiger charge is 2.31. The zero-order valence-corrected chi connectivity index (χ0v) is 14.0. The van der Waals surface area contributed by atoms with Gasteiger partial charge >= 0.3 is 10.1 Å². The summed E-state index contributed by atoms with van der Waals surface area (Å²) < 4.78 is 30.4. The van der Waals surface area contributed by atoms with E-state index in [9.17, 15) is 8.42 Å². The summed E-state index contributed by atoms with van der Waals surface area (Å²) in [5.41, 5.74) is 2.04. The molecule has 0 aliphatic carbocycles. The zero-order valence-electron chi connectivity index (χ0n) is 13.2. The first kappa shape index (κ1) is 16.7. The van der Waals surface area contributed by atoms with E-state index in [-0.39, 0.29) is 9.54 Å². The minimum Gasteiger partial charge on any atom is -0.189 e. The summed E-state index contributed by atoms with van der Waals surface area (Å²) in [5, 5.41) is 0. The Labute approximate surface area is 132 Å². The minimum atomic E-state index is -3.79. The molecule has 5 heteroatoms. The Bertz CT molecular complexity index is 711. The van der Waals surface area contributed by atoms with Crippen LogP contribution < -0.4 is 0 Å². The Balaban J connectivity index is 2.22. The standard InChI is InChI=1S/C17H22NO3S/c1-4-18(3,14-16-8-6-5-7-9-16)21-22(19,20)17-12-10-15(2)11-13-17/h5-13H,4,14H2,1-3H3/q+1. The molecule has 0 fully saturated rings. The van der Waals surface area contributed by atoms with Crippen molar-refractivity contribution in [3.8, 4) is 0 Å². The molecule has 0 saturated heterocycles. The highest BCUT2D eigenvalue weighted by molar-refractivity contribution is 7.86. The number of rotatable bonds is 6. The average molecular weight is 320 g/mol. The van der Waals surface area contributed by atoms with Gasteiger partial charge in [-0.15, -0.1) is 0 Å². The van der Waals surface area contributed by atoms with E-state index in [2.05, 4.69) is 0 Å². The molecule has 0 bridgehead atoms. The maximum atomic E-state index is 12.5. The Kier molecular flexibility index (Phi) is 5.01. The maximum absolute atomic E-state index is 12.5. The van der Waals surface area contributed by atoms with Crippen LogP contribution in [0.4, 0.5) is 0 Å². The van der Waals surface area contributed by atoms with Crippen molar-refractivity contribution in [3.63, 3.8) is 0 Å². The van der Waals surface area contributed by atoms with Gasteiger partial charge in [-0.2, -0.15) is 13.1 Å². The summed E-state index contributed by atoms with van der Waals surface area (Å²) in [5.74, 6) is 0. The molecular formula is C17H22NO3S+. The first-order valence-corrected chi connectivity index (χ1v) is 8.67. The predicted molar refractivity (Wildman–Crippen MR) is 86.3 cm³/mol. The average Bonchev–Trinajstić information content (AvgIpc) is 2.48. The van der Waals surface area contributed by atoms with Crippen LogP contribution in [0.1, 0.15) is 18.1 Å². The summed E-state index contributed by atoms with van der Waals surface area (Å²) >= 11 is 0. The van der Waals surface area contributed by atoms with Gasteiger partial charge in [0.15, 0.2) is 0 Å². The van der Waals surface area contributed by atoms with E-state index in [1.54, 1.807) is 31.3 Å². The normalized spacial score (nSPS) is 14.5. The lowest BCUT2D eigenvalue weighted by atomic mass is 10.2. The Morgan fingerprint density at radius 3 is 2.14 bits per heavy atom. The molecule has 2 rings (SSSR count). The van der Waals surface area contributed by atoms with E-state index in [4.69, 9.17) is 4.28 Å². The molecule has 1 atom stereocenters. The fraction of sp³-hybridized carbons (Fsp3) is 0.294. The van der Waals surface area contributed by atoms with Gasteiger partial charge in [0, 0.05) is 5.56 Å². The van der Waals surface area contributed by atoms with Gasteiger partial charge < -0.3 is 0 Å². The molecule has 0 heterocycles. The lowest BCUT2D eigenvalue weighted by Crippen LogP contribution is -2.44. The molecule has 4 nitrogen and oxygen atoms in total. The van der Waals surface area contributed by atoms with E-state index in [1.165, 1.54) is 0 Å². The van der Waals surface area contributed by atoms with E-state index in [0.29, 0.717) is 13.1 Å². The molecule has 0 radical (unpaired) electrons. The molecular weight excluding hydrogens is 298 g/mol. The molecule has 118 valence electrons. The molecule has 22 heavy (non-hydrogen) atoms. The number of aryl methyl sites for hydroxylation is 1. The second-order valence-electron chi connectivity index (χ2n) is 5.60. The monoisotopic (exact) mass is 320 g/mol. The smallest absolute Gasteiger partial charge is 0.189 e. The van der Waals surface area contributed by atoms with Crippen LogP contribution in [0.15, 0.2) is 59.5 Å². The van der Waals surface area contributed by atoms with Crippen LogP contribution in [0, 0.1) is 6.92 Å². The van der Waals surface area contributed by atoms with Crippen molar-refractivity contribution in [3.05, 3.63) is 65.7 Å². The van der Waals surface area contributed by atoms with Crippen LogP contribution >= 0.6 is 0 Å². The number of hydroxylamine groups is 3. The van der Waals surface area contributed by atoms with Crippen LogP contribution in [-0.2, 0) is 20.9 Å². The van der Waals surface area contributed by atoms with E-state index in [1.807, 2.05) is 44.2 Å². The summed E-state index contributed by atoms with van der Waals surface area (Å²) in [4.78, 5) is 0.184. The molecule has 0 N–H and O–H groups in total. The number of benzene rings is 2. The highest BCUT2D eigenvalue weighted by atomic mass is 32.2. The van der Waals surface area contributed by atoms with Gasteiger partial charge in [-0.1, -0.05) is 52.3 Å².